The van der Waals surface area contributed by atoms with Gasteiger partial charge in [0.2, 0.25) is 0 Å². The van der Waals surface area contributed by atoms with Gasteiger partial charge in [-0.3, -0.25) is 4.90 Å². The summed E-state index contributed by atoms with van der Waals surface area (Å²) in [5.41, 5.74) is 0.993. The van der Waals surface area contributed by atoms with Gasteiger partial charge in [0.1, 0.15) is 6.61 Å². The Morgan fingerprint density at radius 2 is 2.00 bits per heavy atom. The van der Waals surface area contributed by atoms with E-state index in [1.807, 2.05) is 30.3 Å². The topological polar surface area (TPSA) is 38.8 Å². The molecule has 0 N–H and O–H groups in total. The minimum Gasteiger partial charge on any atom is -0.461 e. The van der Waals surface area contributed by atoms with Gasteiger partial charge >= 0.3 is 5.97 Å². The molecule has 0 atom stereocenters. The number of carbonyl (C=O) groups is 1. The van der Waals surface area contributed by atoms with Crippen LogP contribution < -0.4 is 0 Å². The summed E-state index contributed by atoms with van der Waals surface area (Å²) in [6.07, 6.45) is 3.23. The molecule has 1 saturated heterocycles. The van der Waals surface area contributed by atoms with E-state index in [0.29, 0.717) is 6.61 Å². The molecule has 2 rings (SSSR count). The number of rotatable bonds is 5. The van der Waals surface area contributed by atoms with Crippen LogP contribution in [0.4, 0.5) is 0 Å². The molecule has 1 aromatic rings. The SMILES string of the molecule is O=C(/C=C\c1ccccc1)OCCN1CCOCC1. The van der Waals surface area contributed by atoms with E-state index in [4.69, 9.17) is 9.47 Å². The number of hydrogen-bond acceptors (Lipinski definition) is 4. The van der Waals surface area contributed by atoms with Crippen LogP contribution in [-0.2, 0) is 14.3 Å². The molecule has 1 aromatic carbocycles. The fraction of sp³-hybridized carbons (Fsp3) is 0.400. The summed E-state index contributed by atoms with van der Waals surface area (Å²) < 4.78 is 10.4. The van der Waals surface area contributed by atoms with E-state index in [1.165, 1.54) is 6.08 Å². The Kier molecular flexibility index (Phi) is 5.59. The molecule has 0 spiro atoms. The van der Waals surface area contributed by atoms with E-state index in [1.54, 1.807) is 6.08 Å². The van der Waals surface area contributed by atoms with Crippen LogP contribution in [0.3, 0.4) is 0 Å². The first-order valence-electron chi connectivity index (χ1n) is 6.54. The number of nitrogens with zero attached hydrogens (tertiary/aromatic N) is 1. The van der Waals surface area contributed by atoms with Crippen molar-refractivity contribution in [2.45, 2.75) is 0 Å². The third-order valence-electron chi connectivity index (χ3n) is 2.97. The van der Waals surface area contributed by atoms with Crippen LogP contribution in [0.25, 0.3) is 6.08 Å². The Balaban J connectivity index is 1.65. The predicted molar refractivity (Wildman–Crippen MR) is 73.7 cm³/mol. The van der Waals surface area contributed by atoms with Crippen molar-refractivity contribution in [1.29, 1.82) is 0 Å². The average molecular weight is 261 g/mol. The fourth-order valence-corrected chi connectivity index (χ4v) is 1.88. The highest BCUT2D eigenvalue weighted by atomic mass is 16.5. The quantitative estimate of drug-likeness (QED) is 0.596. The zero-order valence-corrected chi connectivity index (χ0v) is 11.0. The summed E-state index contributed by atoms with van der Waals surface area (Å²) in [6, 6.07) is 9.69. The average Bonchev–Trinajstić information content (AvgIpc) is 2.47. The fourth-order valence-electron chi connectivity index (χ4n) is 1.88. The summed E-state index contributed by atoms with van der Waals surface area (Å²) in [7, 11) is 0. The second-order valence-corrected chi connectivity index (χ2v) is 4.37. The standard InChI is InChI=1S/C15H19NO3/c17-15(7-6-14-4-2-1-3-5-14)19-13-10-16-8-11-18-12-9-16/h1-7H,8-13H2/b7-6-. The molecule has 0 aromatic heterocycles. The van der Waals surface area contributed by atoms with Gasteiger partial charge in [0.25, 0.3) is 0 Å². The Labute approximate surface area is 113 Å². The molecular weight excluding hydrogens is 242 g/mol. The number of morpholine rings is 1. The molecule has 1 fully saturated rings. The van der Waals surface area contributed by atoms with Crippen LogP contribution in [0, 0.1) is 0 Å². The highest BCUT2D eigenvalue weighted by Gasteiger charge is 2.10. The van der Waals surface area contributed by atoms with Crippen LogP contribution in [0.2, 0.25) is 0 Å². The van der Waals surface area contributed by atoms with E-state index in [-0.39, 0.29) is 5.97 Å². The van der Waals surface area contributed by atoms with Crippen molar-refractivity contribution in [2.24, 2.45) is 0 Å². The second kappa shape index (κ2) is 7.71. The third-order valence-corrected chi connectivity index (χ3v) is 2.97. The normalized spacial score (nSPS) is 16.6. The molecule has 0 aliphatic carbocycles. The molecule has 0 bridgehead atoms. The van der Waals surface area contributed by atoms with Crippen molar-refractivity contribution in [3.8, 4) is 0 Å². The minimum absolute atomic E-state index is 0.294. The highest BCUT2D eigenvalue weighted by molar-refractivity contribution is 5.86. The third kappa shape index (κ3) is 5.24. The van der Waals surface area contributed by atoms with Crippen molar-refractivity contribution in [2.75, 3.05) is 39.5 Å². The van der Waals surface area contributed by atoms with Gasteiger partial charge in [-0.2, -0.15) is 0 Å². The van der Waals surface area contributed by atoms with E-state index >= 15 is 0 Å². The van der Waals surface area contributed by atoms with Crippen molar-refractivity contribution in [1.82, 2.24) is 4.90 Å². The van der Waals surface area contributed by atoms with Gasteiger partial charge in [-0.25, -0.2) is 4.79 Å². The summed E-state index contributed by atoms with van der Waals surface area (Å²) in [6.45, 7) is 4.56. The van der Waals surface area contributed by atoms with Gasteiger partial charge in [0, 0.05) is 25.7 Å². The summed E-state index contributed by atoms with van der Waals surface area (Å²) >= 11 is 0. The molecule has 0 amide bonds. The van der Waals surface area contributed by atoms with Crippen molar-refractivity contribution in [3.05, 3.63) is 42.0 Å². The zero-order valence-electron chi connectivity index (χ0n) is 11.0. The Bertz CT molecular complexity index is 411. The van der Waals surface area contributed by atoms with Gasteiger partial charge in [-0.1, -0.05) is 30.3 Å². The first kappa shape index (κ1) is 13.8. The minimum atomic E-state index is -0.294. The number of carbonyl (C=O) groups excluding carboxylic acids is 1. The van der Waals surface area contributed by atoms with Gasteiger partial charge in [-0.15, -0.1) is 0 Å². The summed E-state index contributed by atoms with van der Waals surface area (Å²) in [4.78, 5) is 13.7. The summed E-state index contributed by atoms with van der Waals surface area (Å²) in [5.74, 6) is -0.294. The van der Waals surface area contributed by atoms with Crippen LogP contribution in [0.5, 0.6) is 0 Å². The highest BCUT2D eigenvalue weighted by Crippen LogP contribution is 2.01. The Hall–Kier alpha value is -1.65. The van der Waals surface area contributed by atoms with Crippen LogP contribution in [0.1, 0.15) is 5.56 Å². The molecule has 1 aliphatic rings. The first-order chi connectivity index (χ1) is 9.34. The Morgan fingerprint density at radius 1 is 1.26 bits per heavy atom. The van der Waals surface area contributed by atoms with Crippen molar-refractivity contribution >= 4 is 12.0 Å². The van der Waals surface area contributed by atoms with Gasteiger partial charge in [-0.05, 0) is 11.6 Å². The van der Waals surface area contributed by atoms with Crippen LogP contribution >= 0.6 is 0 Å². The maximum Gasteiger partial charge on any atom is 0.330 e. The number of benzene rings is 1. The van der Waals surface area contributed by atoms with E-state index in [0.717, 1.165) is 38.4 Å². The molecule has 19 heavy (non-hydrogen) atoms. The van der Waals surface area contributed by atoms with E-state index in [2.05, 4.69) is 4.90 Å². The lowest BCUT2D eigenvalue weighted by Gasteiger charge is -2.25. The lowest BCUT2D eigenvalue weighted by atomic mass is 10.2. The molecule has 0 unspecified atom stereocenters. The monoisotopic (exact) mass is 261 g/mol. The van der Waals surface area contributed by atoms with Crippen molar-refractivity contribution < 1.29 is 14.3 Å². The smallest absolute Gasteiger partial charge is 0.330 e. The van der Waals surface area contributed by atoms with E-state index < -0.39 is 0 Å². The lowest BCUT2D eigenvalue weighted by molar-refractivity contribution is -0.138. The molecule has 4 heteroatoms. The van der Waals surface area contributed by atoms with Gasteiger partial charge in [0.15, 0.2) is 0 Å². The molecule has 1 aliphatic heterocycles. The predicted octanol–water partition coefficient (Wildman–Crippen LogP) is 1.58. The second-order valence-electron chi connectivity index (χ2n) is 4.37. The molecule has 1 heterocycles. The largest absolute Gasteiger partial charge is 0.461 e. The molecule has 0 saturated carbocycles. The number of ether oxygens (including phenoxy) is 2. The van der Waals surface area contributed by atoms with E-state index in [9.17, 15) is 4.79 Å². The number of hydrogen-bond donors (Lipinski definition) is 0. The number of esters is 1. The van der Waals surface area contributed by atoms with Crippen LogP contribution in [0.15, 0.2) is 36.4 Å². The first-order valence-corrected chi connectivity index (χ1v) is 6.54. The molecule has 4 nitrogen and oxygen atoms in total. The maximum atomic E-state index is 11.5. The molecular formula is C15H19NO3. The molecule has 0 radical (unpaired) electrons. The van der Waals surface area contributed by atoms with Crippen molar-refractivity contribution in [3.63, 3.8) is 0 Å². The lowest BCUT2D eigenvalue weighted by Crippen LogP contribution is -2.38. The molecule has 102 valence electrons. The summed E-state index contributed by atoms with van der Waals surface area (Å²) in [5, 5.41) is 0. The van der Waals surface area contributed by atoms with Crippen LogP contribution in [-0.4, -0.2) is 50.3 Å². The zero-order chi connectivity index (χ0) is 13.3. The van der Waals surface area contributed by atoms with Gasteiger partial charge in [0.05, 0.1) is 13.2 Å². The maximum absolute atomic E-state index is 11.5. The van der Waals surface area contributed by atoms with Gasteiger partial charge < -0.3 is 9.47 Å². The Morgan fingerprint density at radius 3 is 2.74 bits per heavy atom.